The Labute approximate surface area is 132 Å². The Morgan fingerprint density at radius 2 is 1.91 bits per heavy atom. The van der Waals surface area contributed by atoms with Gasteiger partial charge in [-0.2, -0.15) is 0 Å². The topological polar surface area (TPSA) is 64.8 Å². The zero-order chi connectivity index (χ0) is 16.1. The molecule has 5 heteroatoms. The van der Waals surface area contributed by atoms with Crippen LogP contribution in [0.1, 0.15) is 31.7 Å². The molecule has 1 fully saturated rings. The van der Waals surface area contributed by atoms with Crippen molar-refractivity contribution in [2.24, 2.45) is 5.73 Å². The Kier molecular flexibility index (Phi) is 5.66. The number of amides is 1. The van der Waals surface area contributed by atoms with Gasteiger partial charge in [0.2, 0.25) is 5.91 Å². The van der Waals surface area contributed by atoms with Crippen molar-refractivity contribution in [3.8, 4) is 11.5 Å². The van der Waals surface area contributed by atoms with Crippen molar-refractivity contribution in [2.75, 3.05) is 20.8 Å². The van der Waals surface area contributed by atoms with Crippen LogP contribution in [0.15, 0.2) is 18.2 Å². The quantitative estimate of drug-likeness (QED) is 0.903. The Balaban J connectivity index is 1.96. The number of likely N-dealkylation sites (tertiary alicyclic amines) is 1. The molecule has 122 valence electrons. The standard InChI is InChI=1S/C17H26N2O3/c1-12-8-14(18)6-7-19(12)17(20)5-4-13-9-15(21-2)11-16(10-13)22-3/h9-12,14H,4-8,18H2,1-3H3/t12-,14+/m1/s1. The molecule has 1 aromatic rings. The highest BCUT2D eigenvalue weighted by molar-refractivity contribution is 5.77. The molecule has 5 nitrogen and oxygen atoms in total. The van der Waals surface area contributed by atoms with E-state index in [0.717, 1.165) is 36.4 Å². The van der Waals surface area contributed by atoms with E-state index in [2.05, 4.69) is 6.92 Å². The summed E-state index contributed by atoms with van der Waals surface area (Å²) in [6.07, 6.45) is 2.96. The Bertz CT molecular complexity index is 496. The lowest BCUT2D eigenvalue weighted by atomic mass is 9.98. The number of rotatable bonds is 5. The van der Waals surface area contributed by atoms with Crippen LogP contribution in [0.25, 0.3) is 0 Å². The lowest BCUT2D eigenvalue weighted by molar-refractivity contribution is -0.134. The number of methoxy groups -OCH3 is 2. The third-order valence-corrected chi connectivity index (χ3v) is 4.28. The maximum Gasteiger partial charge on any atom is 0.223 e. The molecule has 1 aliphatic heterocycles. The van der Waals surface area contributed by atoms with E-state index in [4.69, 9.17) is 15.2 Å². The van der Waals surface area contributed by atoms with E-state index in [1.807, 2.05) is 23.1 Å². The van der Waals surface area contributed by atoms with Crippen LogP contribution in [0, 0.1) is 0 Å². The summed E-state index contributed by atoms with van der Waals surface area (Å²) >= 11 is 0. The number of piperidine rings is 1. The fourth-order valence-corrected chi connectivity index (χ4v) is 2.98. The summed E-state index contributed by atoms with van der Waals surface area (Å²) in [5, 5.41) is 0. The van der Waals surface area contributed by atoms with Crippen LogP contribution < -0.4 is 15.2 Å². The number of ether oxygens (including phenoxy) is 2. The van der Waals surface area contributed by atoms with Crippen LogP contribution in [-0.2, 0) is 11.2 Å². The van der Waals surface area contributed by atoms with Crippen molar-refractivity contribution in [3.05, 3.63) is 23.8 Å². The number of aryl methyl sites for hydroxylation is 1. The monoisotopic (exact) mass is 306 g/mol. The summed E-state index contributed by atoms with van der Waals surface area (Å²) in [6.45, 7) is 2.84. The van der Waals surface area contributed by atoms with E-state index in [0.29, 0.717) is 12.8 Å². The van der Waals surface area contributed by atoms with Gasteiger partial charge in [-0.05, 0) is 43.9 Å². The van der Waals surface area contributed by atoms with E-state index in [1.165, 1.54) is 0 Å². The zero-order valence-corrected chi connectivity index (χ0v) is 13.7. The van der Waals surface area contributed by atoms with Gasteiger partial charge in [0.1, 0.15) is 11.5 Å². The van der Waals surface area contributed by atoms with Crippen molar-refractivity contribution in [2.45, 2.75) is 44.7 Å². The van der Waals surface area contributed by atoms with Gasteiger partial charge in [-0.25, -0.2) is 0 Å². The average Bonchev–Trinajstić information content (AvgIpc) is 2.52. The second-order valence-corrected chi connectivity index (χ2v) is 5.94. The summed E-state index contributed by atoms with van der Waals surface area (Å²) in [5.74, 6) is 1.69. The number of carbonyl (C=O) groups is 1. The maximum atomic E-state index is 12.4. The summed E-state index contributed by atoms with van der Waals surface area (Å²) in [5.41, 5.74) is 7.00. The fraction of sp³-hybridized carbons (Fsp3) is 0.588. The third kappa shape index (κ3) is 4.13. The molecule has 1 amide bonds. The van der Waals surface area contributed by atoms with Crippen LogP contribution in [-0.4, -0.2) is 43.7 Å². The lowest BCUT2D eigenvalue weighted by Crippen LogP contribution is -2.48. The molecule has 1 saturated heterocycles. The average molecular weight is 306 g/mol. The third-order valence-electron chi connectivity index (χ3n) is 4.28. The van der Waals surface area contributed by atoms with Crippen molar-refractivity contribution in [1.82, 2.24) is 4.90 Å². The second-order valence-electron chi connectivity index (χ2n) is 5.94. The number of hydrogen-bond acceptors (Lipinski definition) is 4. The first kappa shape index (κ1) is 16.6. The fourth-order valence-electron chi connectivity index (χ4n) is 2.98. The van der Waals surface area contributed by atoms with Gasteiger partial charge < -0.3 is 20.1 Å². The smallest absolute Gasteiger partial charge is 0.223 e. The Morgan fingerprint density at radius 3 is 2.45 bits per heavy atom. The van der Waals surface area contributed by atoms with Crippen LogP contribution >= 0.6 is 0 Å². The van der Waals surface area contributed by atoms with Gasteiger partial charge >= 0.3 is 0 Å². The molecule has 0 unspecified atom stereocenters. The number of benzene rings is 1. The Morgan fingerprint density at radius 1 is 1.27 bits per heavy atom. The molecule has 0 radical (unpaired) electrons. The maximum absolute atomic E-state index is 12.4. The van der Waals surface area contributed by atoms with E-state index in [9.17, 15) is 4.79 Å². The van der Waals surface area contributed by atoms with Gasteiger partial charge in [-0.3, -0.25) is 4.79 Å². The highest BCUT2D eigenvalue weighted by Gasteiger charge is 2.26. The lowest BCUT2D eigenvalue weighted by Gasteiger charge is -2.36. The summed E-state index contributed by atoms with van der Waals surface area (Å²) < 4.78 is 10.5. The predicted molar refractivity (Wildman–Crippen MR) is 86.3 cm³/mol. The van der Waals surface area contributed by atoms with Crippen LogP contribution in [0.3, 0.4) is 0 Å². The number of nitrogens with zero attached hydrogens (tertiary/aromatic N) is 1. The number of nitrogens with two attached hydrogens (primary N) is 1. The first-order valence-electron chi connectivity index (χ1n) is 7.80. The molecule has 0 aliphatic carbocycles. The Hall–Kier alpha value is -1.75. The molecule has 0 spiro atoms. The summed E-state index contributed by atoms with van der Waals surface area (Å²) in [7, 11) is 3.25. The first-order chi connectivity index (χ1) is 10.5. The zero-order valence-electron chi connectivity index (χ0n) is 13.7. The number of carbonyl (C=O) groups excluding carboxylic acids is 1. The molecule has 2 atom stereocenters. The van der Waals surface area contributed by atoms with Gasteiger partial charge in [-0.1, -0.05) is 0 Å². The number of hydrogen-bond donors (Lipinski definition) is 1. The van der Waals surface area contributed by atoms with E-state index in [1.54, 1.807) is 14.2 Å². The minimum atomic E-state index is 0.196. The summed E-state index contributed by atoms with van der Waals surface area (Å²) in [4.78, 5) is 14.4. The van der Waals surface area contributed by atoms with Gasteiger partial charge in [0, 0.05) is 31.1 Å². The molecule has 0 aromatic heterocycles. The SMILES string of the molecule is COc1cc(CCC(=O)N2CC[C@H](N)C[C@H]2C)cc(OC)c1. The van der Waals surface area contributed by atoms with Crippen molar-refractivity contribution < 1.29 is 14.3 Å². The summed E-state index contributed by atoms with van der Waals surface area (Å²) in [6, 6.07) is 6.19. The molecule has 0 bridgehead atoms. The van der Waals surface area contributed by atoms with Crippen LogP contribution in [0.4, 0.5) is 0 Å². The molecule has 2 N–H and O–H groups in total. The van der Waals surface area contributed by atoms with E-state index >= 15 is 0 Å². The van der Waals surface area contributed by atoms with E-state index < -0.39 is 0 Å². The largest absolute Gasteiger partial charge is 0.497 e. The van der Waals surface area contributed by atoms with Gasteiger partial charge in [0.15, 0.2) is 0 Å². The molecular weight excluding hydrogens is 280 g/mol. The highest BCUT2D eigenvalue weighted by atomic mass is 16.5. The molecule has 0 saturated carbocycles. The first-order valence-corrected chi connectivity index (χ1v) is 7.80. The minimum absolute atomic E-state index is 0.196. The molecule has 1 aromatic carbocycles. The molecule has 2 rings (SSSR count). The normalized spacial score (nSPS) is 21.5. The van der Waals surface area contributed by atoms with Crippen molar-refractivity contribution >= 4 is 5.91 Å². The second kappa shape index (κ2) is 7.49. The highest BCUT2D eigenvalue weighted by Crippen LogP contribution is 2.24. The van der Waals surface area contributed by atoms with Gasteiger partial charge in [0.25, 0.3) is 0 Å². The molecule has 1 aliphatic rings. The van der Waals surface area contributed by atoms with Gasteiger partial charge in [-0.15, -0.1) is 0 Å². The van der Waals surface area contributed by atoms with Crippen molar-refractivity contribution in [3.63, 3.8) is 0 Å². The molecule has 1 heterocycles. The van der Waals surface area contributed by atoms with Crippen LogP contribution in [0.2, 0.25) is 0 Å². The van der Waals surface area contributed by atoms with Gasteiger partial charge in [0.05, 0.1) is 14.2 Å². The van der Waals surface area contributed by atoms with Crippen molar-refractivity contribution in [1.29, 1.82) is 0 Å². The molecular formula is C17H26N2O3. The minimum Gasteiger partial charge on any atom is -0.497 e. The predicted octanol–water partition coefficient (Wildman–Crippen LogP) is 1.97. The molecule has 22 heavy (non-hydrogen) atoms. The van der Waals surface area contributed by atoms with E-state index in [-0.39, 0.29) is 18.0 Å². The van der Waals surface area contributed by atoms with Crippen LogP contribution in [0.5, 0.6) is 11.5 Å².